The molecule has 1 aromatic heterocycles. The zero-order valence-electron chi connectivity index (χ0n) is 10.9. The van der Waals surface area contributed by atoms with Crippen LogP contribution in [0.15, 0.2) is 28.7 Å². The van der Waals surface area contributed by atoms with Crippen LogP contribution in [0.4, 0.5) is 0 Å². The maximum atomic E-state index is 4.87. The Kier molecular flexibility index (Phi) is 4.01. The highest BCUT2D eigenvalue weighted by atomic mass is 79.9. The van der Waals surface area contributed by atoms with E-state index in [2.05, 4.69) is 45.5 Å². The summed E-state index contributed by atoms with van der Waals surface area (Å²) in [6.45, 7) is 0. The molecule has 0 fully saturated rings. The van der Waals surface area contributed by atoms with Gasteiger partial charge in [0.25, 0.3) is 0 Å². The molecule has 100 valence electrons. The van der Waals surface area contributed by atoms with E-state index in [0.29, 0.717) is 6.04 Å². The van der Waals surface area contributed by atoms with E-state index in [1.54, 1.807) is 0 Å². The van der Waals surface area contributed by atoms with Gasteiger partial charge in [0.1, 0.15) is 0 Å². The lowest BCUT2D eigenvalue weighted by molar-refractivity contribution is 0.489. The SMILES string of the molecule is CNC1CCCc2sc(Cc3ccccc3Br)nc21. The summed E-state index contributed by atoms with van der Waals surface area (Å²) in [5.74, 6) is 0. The van der Waals surface area contributed by atoms with E-state index in [4.69, 9.17) is 4.98 Å². The van der Waals surface area contributed by atoms with Crippen molar-refractivity contribution in [1.82, 2.24) is 10.3 Å². The molecular weight excluding hydrogens is 320 g/mol. The molecule has 1 N–H and O–H groups in total. The summed E-state index contributed by atoms with van der Waals surface area (Å²) in [6.07, 6.45) is 4.60. The summed E-state index contributed by atoms with van der Waals surface area (Å²) >= 11 is 5.50. The normalized spacial score (nSPS) is 18.3. The van der Waals surface area contributed by atoms with Crippen molar-refractivity contribution in [3.63, 3.8) is 0 Å². The highest BCUT2D eigenvalue weighted by molar-refractivity contribution is 9.10. The molecule has 1 atom stereocenters. The van der Waals surface area contributed by atoms with Crippen molar-refractivity contribution in [2.45, 2.75) is 31.7 Å². The fourth-order valence-electron chi connectivity index (χ4n) is 2.63. The van der Waals surface area contributed by atoms with Crippen LogP contribution >= 0.6 is 27.3 Å². The van der Waals surface area contributed by atoms with Gasteiger partial charge in [0.2, 0.25) is 0 Å². The first-order chi connectivity index (χ1) is 9.28. The van der Waals surface area contributed by atoms with Gasteiger partial charge in [0, 0.05) is 15.8 Å². The van der Waals surface area contributed by atoms with Gasteiger partial charge in [0.15, 0.2) is 0 Å². The number of rotatable bonds is 3. The van der Waals surface area contributed by atoms with Gasteiger partial charge >= 0.3 is 0 Å². The van der Waals surface area contributed by atoms with Crippen molar-refractivity contribution in [2.75, 3.05) is 7.05 Å². The Morgan fingerprint density at radius 3 is 3.05 bits per heavy atom. The average Bonchev–Trinajstić information content (AvgIpc) is 2.83. The van der Waals surface area contributed by atoms with Gasteiger partial charge in [0.05, 0.1) is 16.7 Å². The molecule has 3 rings (SSSR count). The third-order valence-corrected chi connectivity index (χ3v) is 5.55. The lowest BCUT2D eigenvalue weighted by Gasteiger charge is -2.19. The number of aromatic nitrogens is 1. The molecular formula is C15H17BrN2S. The number of thiazole rings is 1. The topological polar surface area (TPSA) is 24.9 Å². The average molecular weight is 337 g/mol. The summed E-state index contributed by atoms with van der Waals surface area (Å²) in [4.78, 5) is 6.35. The Balaban J connectivity index is 1.87. The van der Waals surface area contributed by atoms with E-state index in [1.165, 1.54) is 44.9 Å². The second kappa shape index (κ2) is 5.73. The quantitative estimate of drug-likeness (QED) is 0.912. The first-order valence-corrected chi connectivity index (χ1v) is 8.28. The fraction of sp³-hybridized carbons (Fsp3) is 0.400. The lowest BCUT2D eigenvalue weighted by Crippen LogP contribution is -2.21. The first-order valence-electron chi connectivity index (χ1n) is 6.67. The summed E-state index contributed by atoms with van der Waals surface area (Å²) < 4.78 is 1.17. The number of hydrogen-bond acceptors (Lipinski definition) is 3. The largest absolute Gasteiger partial charge is 0.312 e. The van der Waals surface area contributed by atoms with Gasteiger partial charge in [-0.2, -0.15) is 0 Å². The Morgan fingerprint density at radius 1 is 1.42 bits per heavy atom. The third kappa shape index (κ3) is 2.76. The standard InChI is InChI=1S/C15H17BrN2S/c1-17-12-7-4-8-13-15(12)18-14(19-13)9-10-5-2-3-6-11(10)16/h2-3,5-6,12,17H,4,7-9H2,1H3. The maximum absolute atomic E-state index is 4.87. The fourth-order valence-corrected chi connectivity index (χ4v) is 4.25. The van der Waals surface area contributed by atoms with Crippen molar-refractivity contribution in [3.05, 3.63) is 49.9 Å². The summed E-state index contributed by atoms with van der Waals surface area (Å²) in [6, 6.07) is 8.86. The van der Waals surface area contributed by atoms with Crippen molar-refractivity contribution < 1.29 is 0 Å². The van der Waals surface area contributed by atoms with E-state index < -0.39 is 0 Å². The van der Waals surface area contributed by atoms with Crippen molar-refractivity contribution in [1.29, 1.82) is 0 Å². The Labute approximate surface area is 126 Å². The van der Waals surface area contributed by atoms with E-state index in [-0.39, 0.29) is 0 Å². The minimum absolute atomic E-state index is 0.452. The van der Waals surface area contributed by atoms with Crippen LogP contribution in [0.2, 0.25) is 0 Å². The van der Waals surface area contributed by atoms with Crippen LogP contribution in [0.3, 0.4) is 0 Å². The zero-order valence-corrected chi connectivity index (χ0v) is 13.4. The number of nitrogens with one attached hydrogen (secondary N) is 1. The van der Waals surface area contributed by atoms with Crippen molar-refractivity contribution in [2.24, 2.45) is 0 Å². The van der Waals surface area contributed by atoms with E-state index in [1.807, 2.05) is 18.4 Å². The molecule has 0 radical (unpaired) electrons. The molecule has 2 nitrogen and oxygen atoms in total. The molecule has 19 heavy (non-hydrogen) atoms. The van der Waals surface area contributed by atoms with Crippen LogP contribution in [-0.2, 0) is 12.8 Å². The molecule has 1 heterocycles. The molecule has 0 spiro atoms. The molecule has 0 aliphatic heterocycles. The van der Waals surface area contributed by atoms with Gasteiger partial charge in [-0.3, -0.25) is 0 Å². The number of hydrogen-bond donors (Lipinski definition) is 1. The number of aryl methyl sites for hydroxylation is 1. The minimum Gasteiger partial charge on any atom is -0.312 e. The van der Waals surface area contributed by atoms with Gasteiger partial charge in [-0.1, -0.05) is 34.1 Å². The minimum atomic E-state index is 0.452. The highest BCUT2D eigenvalue weighted by Crippen LogP contribution is 2.34. The van der Waals surface area contributed by atoms with E-state index in [0.717, 1.165) is 6.42 Å². The summed E-state index contributed by atoms with van der Waals surface area (Å²) in [5.41, 5.74) is 2.61. The molecule has 0 saturated carbocycles. The highest BCUT2D eigenvalue weighted by Gasteiger charge is 2.23. The molecule has 4 heteroatoms. The van der Waals surface area contributed by atoms with E-state index in [9.17, 15) is 0 Å². The van der Waals surface area contributed by atoms with Crippen LogP contribution in [0, 0.1) is 0 Å². The summed E-state index contributed by atoms with van der Waals surface area (Å²) in [5, 5.41) is 4.62. The van der Waals surface area contributed by atoms with Crippen LogP contribution in [0.25, 0.3) is 0 Å². The third-order valence-electron chi connectivity index (χ3n) is 3.65. The van der Waals surface area contributed by atoms with Crippen LogP contribution in [0.5, 0.6) is 0 Å². The summed E-state index contributed by atoms with van der Waals surface area (Å²) in [7, 11) is 2.03. The molecule has 1 unspecified atom stereocenters. The van der Waals surface area contributed by atoms with Crippen LogP contribution < -0.4 is 5.32 Å². The lowest BCUT2D eigenvalue weighted by atomic mass is 9.98. The first kappa shape index (κ1) is 13.3. The van der Waals surface area contributed by atoms with Crippen LogP contribution in [-0.4, -0.2) is 12.0 Å². The zero-order chi connectivity index (χ0) is 13.2. The van der Waals surface area contributed by atoms with Gasteiger partial charge < -0.3 is 5.32 Å². The second-order valence-corrected chi connectivity index (χ2v) is 6.94. The Bertz CT molecular complexity index is 579. The molecule has 1 aliphatic carbocycles. The smallest absolute Gasteiger partial charge is 0.0976 e. The molecule has 1 aliphatic rings. The molecule has 0 bridgehead atoms. The number of halogens is 1. The number of nitrogens with zero attached hydrogens (tertiary/aromatic N) is 1. The van der Waals surface area contributed by atoms with E-state index >= 15 is 0 Å². The predicted octanol–water partition coefficient (Wildman–Crippen LogP) is 4.09. The van der Waals surface area contributed by atoms with Crippen molar-refractivity contribution >= 4 is 27.3 Å². The Morgan fingerprint density at radius 2 is 2.26 bits per heavy atom. The van der Waals surface area contributed by atoms with Gasteiger partial charge in [-0.15, -0.1) is 11.3 Å². The molecule has 0 amide bonds. The monoisotopic (exact) mass is 336 g/mol. The molecule has 0 saturated heterocycles. The molecule has 1 aromatic carbocycles. The second-order valence-electron chi connectivity index (χ2n) is 4.92. The molecule has 2 aromatic rings. The van der Waals surface area contributed by atoms with Gasteiger partial charge in [-0.05, 0) is 37.9 Å². The van der Waals surface area contributed by atoms with Crippen molar-refractivity contribution in [3.8, 4) is 0 Å². The Hall–Kier alpha value is -0.710. The maximum Gasteiger partial charge on any atom is 0.0976 e. The number of benzene rings is 1. The van der Waals surface area contributed by atoms with Gasteiger partial charge in [-0.25, -0.2) is 4.98 Å². The number of fused-ring (bicyclic) bond motifs is 1. The van der Waals surface area contributed by atoms with Crippen LogP contribution in [0.1, 0.15) is 40.0 Å². The predicted molar refractivity (Wildman–Crippen MR) is 83.8 cm³/mol.